The van der Waals surface area contributed by atoms with Gasteiger partial charge in [0.25, 0.3) is 5.56 Å². The van der Waals surface area contributed by atoms with Crippen molar-refractivity contribution >= 4 is 28.0 Å². The molecule has 146 valence electrons. The maximum atomic E-state index is 13.5. The standard InChI is InChI=1S/C21H24N4O3/c1-24(2)9-10-25-20-13-7-5-6-8-16(13)22-23-19(20)14-11-17(27-3)18(28-4)12-15(14)21(25)26/h5-8,11,18H,9-10,12H2,1-4H3. The molecule has 0 spiro atoms. The van der Waals surface area contributed by atoms with Crippen molar-refractivity contribution in [3.05, 3.63) is 51.5 Å². The van der Waals surface area contributed by atoms with Gasteiger partial charge in [-0.25, -0.2) is 0 Å². The zero-order chi connectivity index (χ0) is 19.8. The van der Waals surface area contributed by atoms with Crippen molar-refractivity contribution in [1.29, 1.82) is 0 Å². The number of fused-ring (bicyclic) bond motifs is 5. The number of pyridine rings is 1. The third kappa shape index (κ3) is 2.96. The highest BCUT2D eigenvalue weighted by atomic mass is 16.5. The van der Waals surface area contributed by atoms with Crippen LogP contribution in [0.25, 0.3) is 28.0 Å². The topological polar surface area (TPSA) is 69.5 Å². The van der Waals surface area contributed by atoms with Crippen LogP contribution in [0.1, 0.15) is 11.1 Å². The molecule has 2 heterocycles. The summed E-state index contributed by atoms with van der Waals surface area (Å²) in [6.45, 7) is 1.32. The third-order valence-electron chi connectivity index (χ3n) is 5.28. The summed E-state index contributed by atoms with van der Waals surface area (Å²) in [4.78, 5) is 15.6. The number of nitrogens with zero attached hydrogens (tertiary/aromatic N) is 4. The molecule has 0 bridgehead atoms. The van der Waals surface area contributed by atoms with Crippen LogP contribution >= 0.6 is 0 Å². The van der Waals surface area contributed by atoms with Gasteiger partial charge in [-0.15, -0.1) is 10.2 Å². The molecule has 0 fully saturated rings. The van der Waals surface area contributed by atoms with Gasteiger partial charge in [0.15, 0.2) is 0 Å². The highest BCUT2D eigenvalue weighted by molar-refractivity contribution is 6.04. The molecule has 1 aliphatic rings. The van der Waals surface area contributed by atoms with E-state index in [1.165, 1.54) is 0 Å². The van der Waals surface area contributed by atoms with E-state index >= 15 is 0 Å². The Labute approximate surface area is 163 Å². The maximum absolute atomic E-state index is 13.5. The van der Waals surface area contributed by atoms with Gasteiger partial charge in [-0.05, 0) is 26.2 Å². The molecule has 0 N–H and O–H groups in total. The quantitative estimate of drug-likeness (QED) is 0.631. The van der Waals surface area contributed by atoms with Crippen LogP contribution in [0.2, 0.25) is 0 Å². The highest BCUT2D eigenvalue weighted by Crippen LogP contribution is 2.31. The van der Waals surface area contributed by atoms with E-state index in [1.54, 1.807) is 14.2 Å². The molecule has 7 nitrogen and oxygen atoms in total. The Hall–Kier alpha value is -2.77. The Morgan fingerprint density at radius 3 is 2.71 bits per heavy atom. The molecule has 7 heteroatoms. The molecule has 1 atom stereocenters. The Morgan fingerprint density at radius 2 is 2.00 bits per heavy atom. The molecule has 0 aliphatic heterocycles. The Morgan fingerprint density at radius 1 is 1.21 bits per heavy atom. The molecule has 0 saturated heterocycles. The SMILES string of the molecule is COC1=Cc2c(c(=O)n(CCN(C)C)c3c2nnc2ccccc23)CC1OC. The second-order valence-electron chi connectivity index (χ2n) is 7.25. The number of methoxy groups -OCH3 is 2. The average molecular weight is 380 g/mol. The first-order chi connectivity index (χ1) is 13.5. The maximum Gasteiger partial charge on any atom is 0.255 e. The van der Waals surface area contributed by atoms with E-state index in [0.717, 1.165) is 34.0 Å². The number of benzene rings is 1. The molecule has 0 radical (unpaired) electrons. The molecule has 0 amide bonds. The minimum Gasteiger partial charge on any atom is -0.498 e. The van der Waals surface area contributed by atoms with Gasteiger partial charge < -0.3 is 18.9 Å². The fraction of sp³-hybridized carbons (Fsp3) is 0.381. The van der Waals surface area contributed by atoms with Gasteiger partial charge in [-0.1, -0.05) is 18.2 Å². The number of rotatable bonds is 5. The Balaban J connectivity index is 2.10. The van der Waals surface area contributed by atoms with Crippen LogP contribution in [0.15, 0.2) is 34.8 Å². The first kappa shape index (κ1) is 18.6. The van der Waals surface area contributed by atoms with Crippen LogP contribution in [-0.2, 0) is 22.4 Å². The summed E-state index contributed by atoms with van der Waals surface area (Å²) >= 11 is 0. The third-order valence-corrected chi connectivity index (χ3v) is 5.28. The number of hydrogen-bond acceptors (Lipinski definition) is 6. The Bertz CT molecular complexity index is 1130. The van der Waals surface area contributed by atoms with Gasteiger partial charge in [0.05, 0.1) is 18.1 Å². The molecule has 1 unspecified atom stereocenters. The van der Waals surface area contributed by atoms with Gasteiger partial charge >= 0.3 is 0 Å². The molecule has 1 aliphatic carbocycles. The minimum absolute atomic E-state index is 0.00374. The molecule has 2 aromatic heterocycles. The predicted molar refractivity (Wildman–Crippen MR) is 109 cm³/mol. The molecular weight excluding hydrogens is 356 g/mol. The molecular formula is C21H24N4O3. The van der Waals surface area contributed by atoms with E-state index < -0.39 is 0 Å². The van der Waals surface area contributed by atoms with Crippen molar-refractivity contribution in [3.63, 3.8) is 0 Å². The zero-order valence-corrected chi connectivity index (χ0v) is 16.6. The van der Waals surface area contributed by atoms with Crippen LogP contribution in [0.3, 0.4) is 0 Å². The van der Waals surface area contributed by atoms with Crippen molar-refractivity contribution < 1.29 is 9.47 Å². The normalized spacial score (nSPS) is 16.5. The van der Waals surface area contributed by atoms with Crippen molar-refractivity contribution in [2.45, 2.75) is 19.1 Å². The summed E-state index contributed by atoms with van der Waals surface area (Å²) in [7, 11) is 7.24. The summed E-state index contributed by atoms with van der Waals surface area (Å²) in [6.07, 6.45) is 2.05. The first-order valence-electron chi connectivity index (χ1n) is 9.29. The summed E-state index contributed by atoms with van der Waals surface area (Å²) in [5.74, 6) is 0.691. The average Bonchev–Trinajstić information content (AvgIpc) is 2.72. The second kappa shape index (κ2) is 7.33. The molecule has 4 rings (SSSR count). The monoisotopic (exact) mass is 380 g/mol. The fourth-order valence-electron chi connectivity index (χ4n) is 3.79. The van der Waals surface area contributed by atoms with E-state index in [1.807, 2.05) is 49.0 Å². The minimum atomic E-state index is -0.279. The first-order valence-corrected chi connectivity index (χ1v) is 9.29. The van der Waals surface area contributed by atoms with Crippen molar-refractivity contribution in [2.24, 2.45) is 0 Å². The second-order valence-corrected chi connectivity index (χ2v) is 7.25. The van der Waals surface area contributed by atoms with E-state index in [2.05, 4.69) is 15.1 Å². The smallest absolute Gasteiger partial charge is 0.255 e. The molecule has 0 saturated carbocycles. The lowest BCUT2D eigenvalue weighted by molar-refractivity contribution is 0.0792. The summed E-state index contributed by atoms with van der Waals surface area (Å²) in [5, 5.41) is 9.83. The van der Waals surface area contributed by atoms with Crippen molar-refractivity contribution in [3.8, 4) is 0 Å². The van der Waals surface area contributed by atoms with Gasteiger partial charge in [0.1, 0.15) is 17.4 Å². The van der Waals surface area contributed by atoms with E-state index in [9.17, 15) is 4.79 Å². The van der Waals surface area contributed by atoms with Crippen molar-refractivity contribution in [1.82, 2.24) is 19.7 Å². The van der Waals surface area contributed by atoms with E-state index in [4.69, 9.17) is 9.47 Å². The largest absolute Gasteiger partial charge is 0.498 e. The van der Waals surface area contributed by atoms with Crippen LogP contribution in [0.4, 0.5) is 0 Å². The fourth-order valence-corrected chi connectivity index (χ4v) is 3.79. The number of likely N-dealkylation sites (N-methyl/N-ethyl adjacent to an activating group) is 1. The molecule has 1 aromatic carbocycles. The van der Waals surface area contributed by atoms with E-state index in [0.29, 0.717) is 24.3 Å². The van der Waals surface area contributed by atoms with Crippen molar-refractivity contribution in [2.75, 3.05) is 34.9 Å². The lowest BCUT2D eigenvalue weighted by Gasteiger charge is -2.25. The number of ether oxygens (including phenoxy) is 2. The molecule has 3 aromatic rings. The number of hydrogen-bond donors (Lipinski definition) is 0. The predicted octanol–water partition coefficient (Wildman–Crippen LogP) is 2.06. The van der Waals surface area contributed by atoms with Crippen LogP contribution < -0.4 is 5.56 Å². The van der Waals surface area contributed by atoms with E-state index in [-0.39, 0.29) is 11.7 Å². The summed E-state index contributed by atoms with van der Waals surface area (Å²) < 4.78 is 12.9. The summed E-state index contributed by atoms with van der Waals surface area (Å²) in [6, 6.07) is 7.79. The van der Waals surface area contributed by atoms with Crippen LogP contribution in [-0.4, -0.2) is 60.6 Å². The lowest BCUT2D eigenvalue weighted by Crippen LogP contribution is -2.34. The van der Waals surface area contributed by atoms with Gasteiger partial charge in [-0.2, -0.15) is 0 Å². The lowest BCUT2D eigenvalue weighted by atomic mass is 9.93. The van der Waals surface area contributed by atoms with Gasteiger partial charge in [0.2, 0.25) is 0 Å². The molecule has 28 heavy (non-hydrogen) atoms. The van der Waals surface area contributed by atoms with Gasteiger partial charge in [0, 0.05) is 43.1 Å². The summed E-state index contributed by atoms with van der Waals surface area (Å²) in [5.41, 5.74) is 3.79. The zero-order valence-electron chi connectivity index (χ0n) is 16.6. The van der Waals surface area contributed by atoms with Gasteiger partial charge in [-0.3, -0.25) is 4.79 Å². The van der Waals surface area contributed by atoms with Crippen LogP contribution in [0, 0.1) is 0 Å². The highest BCUT2D eigenvalue weighted by Gasteiger charge is 2.28. The Kier molecular flexibility index (Phi) is 4.87. The van der Waals surface area contributed by atoms with Crippen LogP contribution in [0.5, 0.6) is 0 Å². The number of aromatic nitrogens is 3.